The number of benzene rings is 2. The molecule has 152 valence electrons. The van der Waals surface area contributed by atoms with Gasteiger partial charge in [-0.05, 0) is 62.7 Å². The fourth-order valence-electron chi connectivity index (χ4n) is 2.13. The van der Waals surface area contributed by atoms with Crippen LogP contribution in [-0.4, -0.2) is 20.1 Å². The van der Waals surface area contributed by atoms with E-state index in [0.29, 0.717) is 15.6 Å². The highest BCUT2D eigenvalue weighted by atomic mass is 35.5. The van der Waals surface area contributed by atoms with Gasteiger partial charge >= 0.3 is 6.09 Å². The Morgan fingerprint density at radius 1 is 1.04 bits per heavy atom. The van der Waals surface area contributed by atoms with E-state index in [2.05, 4.69) is 15.6 Å². The Morgan fingerprint density at radius 2 is 1.64 bits per heavy atom. The van der Waals surface area contributed by atoms with E-state index in [1.807, 2.05) is 0 Å². The van der Waals surface area contributed by atoms with Gasteiger partial charge < -0.3 is 4.74 Å². The molecule has 0 atom stereocenters. The lowest BCUT2D eigenvalue weighted by molar-refractivity contribution is 0.0497. The lowest BCUT2D eigenvalue weighted by Gasteiger charge is -2.20. The zero-order chi connectivity index (χ0) is 20.9. The van der Waals surface area contributed by atoms with E-state index in [4.69, 9.17) is 27.9 Å². The number of carbonyl (C=O) groups is 1. The van der Waals surface area contributed by atoms with Crippen molar-refractivity contribution in [2.24, 2.45) is 0 Å². The van der Waals surface area contributed by atoms with E-state index in [0.717, 1.165) is 0 Å². The average Bonchev–Trinajstić information content (AvgIpc) is 2.55. The first kappa shape index (κ1) is 22.3. The summed E-state index contributed by atoms with van der Waals surface area (Å²) in [4.78, 5) is 11.7. The van der Waals surface area contributed by atoms with Crippen molar-refractivity contribution in [3.8, 4) is 0 Å². The highest BCUT2D eigenvalue weighted by Crippen LogP contribution is 2.24. The summed E-state index contributed by atoms with van der Waals surface area (Å²) in [5.41, 5.74) is 5.30. The summed E-state index contributed by atoms with van der Waals surface area (Å²) in [5.74, 6) is 0. The number of hydrogen-bond donors (Lipinski definition) is 3. The average molecular weight is 446 g/mol. The van der Waals surface area contributed by atoms with Gasteiger partial charge in [0, 0.05) is 16.6 Å². The van der Waals surface area contributed by atoms with E-state index < -0.39 is 21.7 Å². The predicted octanol–water partition coefficient (Wildman–Crippen LogP) is 4.32. The molecule has 0 aliphatic carbocycles. The molecule has 1 amide bonds. The molecule has 0 radical (unpaired) electrons. The van der Waals surface area contributed by atoms with Gasteiger partial charge in [0.1, 0.15) is 5.60 Å². The predicted molar refractivity (Wildman–Crippen MR) is 110 cm³/mol. The Labute approximate surface area is 174 Å². The van der Waals surface area contributed by atoms with Gasteiger partial charge in [-0.1, -0.05) is 29.3 Å². The highest BCUT2D eigenvalue weighted by molar-refractivity contribution is 7.92. The first-order chi connectivity index (χ1) is 13.0. The summed E-state index contributed by atoms with van der Waals surface area (Å²) in [5, 5.41) is 0.789. The topological polar surface area (TPSA) is 96.5 Å². The lowest BCUT2D eigenvalue weighted by atomic mass is 10.2. The SMILES string of the molecule is CC(C)(C)OC(=O)NNCc1ccc(Cl)cc1NS(=O)(=O)c1ccc(Cl)cc1. The van der Waals surface area contributed by atoms with Crippen LogP contribution < -0.4 is 15.6 Å². The first-order valence-corrected chi connectivity index (χ1v) is 10.5. The second-order valence-electron chi connectivity index (χ2n) is 6.84. The van der Waals surface area contributed by atoms with Crippen molar-refractivity contribution < 1.29 is 17.9 Å². The normalized spacial score (nSPS) is 11.8. The van der Waals surface area contributed by atoms with Crippen LogP contribution in [0, 0.1) is 0 Å². The van der Waals surface area contributed by atoms with Crippen LogP contribution in [0.3, 0.4) is 0 Å². The van der Waals surface area contributed by atoms with E-state index in [1.165, 1.54) is 30.3 Å². The summed E-state index contributed by atoms with van der Waals surface area (Å²) in [6.07, 6.45) is -0.648. The molecule has 0 unspecified atom stereocenters. The van der Waals surface area contributed by atoms with E-state index in [9.17, 15) is 13.2 Å². The van der Waals surface area contributed by atoms with Crippen LogP contribution in [0.2, 0.25) is 10.0 Å². The summed E-state index contributed by atoms with van der Waals surface area (Å²) < 4.78 is 32.8. The second-order valence-corrected chi connectivity index (χ2v) is 9.40. The standard InChI is InChI=1S/C18H21Cl2N3O4S/c1-18(2,3)27-17(24)22-21-11-12-4-5-14(20)10-16(12)23-28(25,26)15-8-6-13(19)7-9-15/h4-10,21,23H,11H2,1-3H3,(H,22,24). The zero-order valence-electron chi connectivity index (χ0n) is 15.5. The Kier molecular flexibility index (Phi) is 7.16. The van der Waals surface area contributed by atoms with Crippen molar-refractivity contribution >= 4 is 45.0 Å². The molecule has 0 bridgehead atoms. The Bertz CT molecular complexity index is 942. The largest absolute Gasteiger partial charge is 0.443 e. The highest BCUT2D eigenvalue weighted by Gasteiger charge is 2.18. The molecule has 0 saturated carbocycles. The van der Waals surface area contributed by atoms with Crippen LogP contribution in [0.1, 0.15) is 26.3 Å². The second kappa shape index (κ2) is 9.00. The molecular weight excluding hydrogens is 425 g/mol. The van der Waals surface area contributed by atoms with Gasteiger partial charge in [0.05, 0.1) is 10.6 Å². The van der Waals surface area contributed by atoms with Crippen LogP contribution in [0.25, 0.3) is 0 Å². The zero-order valence-corrected chi connectivity index (χ0v) is 17.9. The van der Waals surface area contributed by atoms with Gasteiger partial charge in [0.15, 0.2) is 0 Å². The van der Waals surface area contributed by atoms with Gasteiger partial charge in [0.25, 0.3) is 10.0 Å². The van der Waals surface area contributed by atoms with Crippen molar-refractivity contribution in [2.45, 2.75) is 37.8 Å². The number of rotatable bonds is 6. The molecule has 2 aromatic rings. The Hall–Kier alpha value is -2.00. The summed E-state index contributed by atoms with van der Waals surface area (Å²) in [6, 6.07) is 10.5. The molecule has 28 heavy (non-hydrogen) atoms. The molecule has 0 spiro atoms. The molecule has 0 aliphatic rings. The minimum Gasteiger partial charge on any atom is -0.443 e. The molecule has 0 aromatic heterocycles. The maximum absolute atomic E-state index is 12.6. The maximum Gasteiger partial charge on any atom is 0.422 e. The number of ether oxygens (including phenoxy) is 1. The summed E-state index contributed by atoms with van der Waals surface area (Å²) in [6.45, 7) is 5.37. The molecule has 0 heterocycles. The minimum absolute atomic E-state index is 0.0580. The van der Waals surface area contributed by atoms with Crippen LogP contribution in [-0.2, 0) is 21.3 Å². The summed E-state index contributed by atoms with van der Waals surface area (Å²) in [7, 11) is -3.84. The number of hydrazine groups is 1. The fraction of sp³-hybridized carbons (Fsp3) is 0.278. The van der Waals surface area contributed by atoms with Gasteiger partial charge in [0.2, 0.25) is 0 Å². The first-order valence-electron chi connectivity index (χ1n) is 8.25. The molecule has 2 rings (SSSR count). The summed E-state index contributed by atoms with van der Waals surface area (Å²) >= 11 is 11.8. The molecule has 2 aromatic carbocycles. The number of amides is 1. The van der Waals surface area contributed by atoms with E-state index in [-0.39, 0.29) is 17.1 Å². The van der Waals surface area contributed by atoms with Crippen LogP contribution in [0.4, 0.5) is 10.5 Å². The minimum atomic E-state index is -3.84. The van der Waals surface area contributed by atoms with Gasteiger partial charge in [-0.15, -0.1) is 0 Å². The number of halogens is 2. The number of sulfonamides is 1. The third-order valence-corrected chi connectivity index (χ3v) is 5.18. The number of anilines is 1. The third kappa shape index (κ3) is 6.87. The van der Waals surface area contributed by atoms with Crippen molar-refractivity contribution in [2.75, 3.05) is 4.72 Å². The molecule has 10 heteroatoms. The van der Waals surface area contributed by atoms with Gasteiger partial charge in [-0.25, -0.2) is 18.6 Å². The van der Waals surface area contributed by atoms with E-state index in [1.54, 1.807) is 32.9 Å². The molecule has 0 saturated heterocycles. The van der Waals surface area contributed by atoms with Crippen LogP contribution in [0.15, 0.2) is 47.4 Å². The van der Waals surface area contributed by atoms with E-state index >= 15 is 0 Å². The van der Waals surface area contributed by atoms with Crippen molar-refractivity contribution in [3.63, 3.8) is 0 Å². The van der Waals surface area contributed by atoms with Crippen molar-refractivity contribution in [1.29, 1.82) is 0 Å². The fourth-order valence-corrected chi connectivity index (χ4v) is 3.52. The van der Waals surface area contributed by atoms with Crippen LogP contribution >= 0.6 is 23.2 Å². The van der Waals surface area contributed by atoms with Crippen molar-refractivity contribution in [3.05, 3.63) is 58.1 Å². The number of nitrogens with one attached hydrogen (secondary N) is 3. The van der Waals surface area contributed by atoms with Crippen LogP contribution in [0.5, 0.6) is 0 Å². The lowest BCUT2D eigenvalue weighted by Crippen LogP contribution is -2.40. The molecule has 7 nitrogen and oxygen atoms in total. The van der Waals surface area contributed by atoms with Crippen molar-refractivity contribution in [1.82, 2.24) is 10.9 Å². The Morgan fingerprint density at radius 3 is 2.25 bits per heavy atom. The number of hydrogen-bond acceptors (Lipinski definition) is 5. The Balaban J connectivity index is 2.12. The quantitative estimate of drug-likeness (QED) is 0.575. The third-order valence-electron chi connectivity index (χ3n) is 3.31. The molecule has 0 aliphatic heterocycles. The molecular formula is C18H21Cl2N3O4S. The van der Waals surface area contributed by atoms with Gasteiger partial charge in [-0.3, -0.25) is 10.1 Å². The molecule has 0 fully saturated rings. The van der Waals surface area contributed by atoms with Gasteiger partial charge in [-0.2, -0.15) is 0 Å². The maximum atomic E-state index is 12.6. The smallest absolute Gasteiger partial charge is 0.422 e. The monoisotopic (exact) mass is 445 g/mol. The molecule has 3 N–H and O–H groups in total. The number of carbonyl (C=O) groups excluding carboxylic acids is 1.